The van der Waals surface area contributed by atoms with Crippen LogP contribution in [0, 0.1) is 6.92 Å². The molecule has 1 aromatic carbocycles. The Kier molecular flexibility index (Phi) is 2.93. The van der Waals surface area contributed by atoms with Crippen molar-refractivity contribution in [2.45, 2.75) is 12.1 Å². The summed E-state index contributed by atoms with van der Waals surface area (Å²) >= 11 is 0. The maximum atomic E-state index is 11.2. The van der Waals surface area contributed by atoms with Gasteiger partial charge in [-0.1, -0.05) is 24.3 Å². The first-order chi connectivity index (χ1) is 7.98. The summed E-state index contributed by atoms with van der Waals surface area (Å²) in [6.07, 6.45) is 4.16. The van der Waals surface area contributed by atoms with Gasteiger partial charge in [0.25, 0.3) is 0 Å². The SMILES string of the molecule is Cc1ccccc1-c1cnc(S(C)(=O)=O)nc1. The van der Waals surface area contributed by atoms with Crippen molar-refractivity contribution in [3.05, 3.63) is 42.2 Å². The predicted molar refractivity (Wildman–Crippen MR) is 65.3 cm³/mol. The van der Waals surface area contributed by atoms with Gasteiger partial charge in [-0.15, -0.1) is 0 Å². The van der Waals surface area contributed by atoms with E-state index in [0.29, 0.717) is 0 Å². The maximum Gasteiger partial charge on any atom is 0.246 e. The van der Waals surface area contributed by atoms with Crippen LogP contribution in [-0.4, -0.2) is 24.6 Å². The summed E-state index contributed by atoms with van der Waals surface area (Å²) in [6.45, 7) is 1.99. The van der Waals surface area contributed by atoms with Gasteiger partial charge in [0.1, 0.15) is 0 Å². The molecule has 4 nitrogen and oxygen atoms in total. The lowest BCUT2D eigenvalue weighted by molar-refractivity contribution is 0.593. The third-order valence-electron chi connectivity index (χ3n) is 2.42. The Morgan fingerprint density at radius 3 is 2.18 bits per heavy atom. The van der Waals surface area contributed by atoms with Crippen molar-refractivity contribution in [1.82, 2.24) is 9.97 Å². The molecule has 2 aromatic rings. The summed E-state index contributed by atoms with van der Waals surface area (Å²) in [7, 11) is -3.33. The standard InChI is InChI=1S/C12H12N2O2S/c1-9-5-3-4-6-11(9)10-7-13-12(14-8-10)17(2,15)16/h3-8H,1-2H3. The monoisotopic (exact) mass is 248 g/mol. The lowest BCUT2D eigenvalue weighted by atomic mass is 10.0. The van der Waals surface area contributed by atoms with Crippen LogP contribution < -0.4 is 0 Å². The molecule has 0 aliphatic carbocycles. The van der Waals surface area contributed by atoms with Crippen molar-refractivity contribution in [2.24, 2.45) is 0 Å². The molecule has 0 fully saturated rings. The summed E-state index contributed by atoms with van der Waals surface area (Å²) in [5, 5.41) is -0.144. The first-order valence-corrected chi connectivity index (χ1v) is 6.96. The molecule has 88 valence electrons. The van der Waals surface area contributed by atoms with Gasteiger partial charge in [0.2, 0.25) is 15.0 Å². The Morgan fingerprint density at radius 1 is 1.06 bits per heavy atom. The molecular formula is C12H12N2O2S. The molecule has 0 unspecified atom stereocenters. The fourth-order valence-electron chi connectivity index (χ4n) is 1.54. The molecule has 5 heteroatoms. The number of sulfone groups is 1. The molecule has 0 saturated heterocycles. The zero-order valence-electron chi connectivity index (χ0n) is 9.58. The molecule has 0 aliphatic rings. The number of aromatic nitrogens is 2. The van der Waals surface area contributed by atoms with E-state index in [1.54, 1.807) is 0 Å². The number of benzene rings is 1. The van der Waals surface area contributed by atoms with Crippen LogP contribution in [0.3, 0.4) is 0 Å². The fraction of sp³-hybridized carbons (Fsp3) is 0.167. The van der Waals surface area contributed by atoms with Gasteiger partial charge in [0, 0.05) is 24.2 Å². The molecule has 0 aliphatic heterocycles. The van der Waals surface area contributed by atoms with E-state index < -0.39 is 9.84 Å². The molecule has 0 amide bonds. The van der Waals surface area contributed by atoms with Gasteiger partial charge in [-0.05, 0) is 18.1 Å². The number of hydrogen-bond donors (Lipinski definition) is 0. The Morgan fingerprint density at radius 2 is 1.65 bits per heavy atom. The average molecular weight is 248 g/mol. The van der Waals surface area contributed by atoms with Gasteiger partial charge in [-0.25, -0.2) is 18.4 Å². The molecule has 0 radical (unpaired) electrons. The van der Waals surface area contributed by atoms with Crippen molar-refractivity contribution in [3.8, 4) is 11.1 Å². The van der Waals surface area contributed by atoms with Crippen molar-refractivity contribution < 1.29 is 8.42 Å². The van der Waals surface area contributed by atoms with Gasteiger partial charge >= 0.3 is 0 Å². The molecular weight excluding hydrogens is 236 g/mol. The predicted octanol–water partition coefficient (Wildman–Crippen LogP) is 1.86. The third kappa shape index (κ3) is 2.50. The largest absolute Gasteiger partial charge is 0.246 e. The van der Waals surface area contributed by atoms with Crippen LogP contribution >= 0.6 is 0 Å². The van der Waals surface area contributed by atoms with Crippen LogP contribution in [-0.2, 0) is 9.84 Å². The van der Waals surface area contributed by atoms with Gasteiger partial charge in [-0.2, -0.15) is 0 Å². The second kappa shape index (κ2) is 4.25. The number of nitrogens with zero attached hydrogens (tertiary/aromatic N) is 2. The van der Waals surface area contributed by atoms with Crippen molar-refractivity contribution in [2.75, 3.05) is 6.26 Å². The Bertz CT molecular complexity index is 634. The highest BCUT2D eigenvalue weighted by Crippen LogP contribution is 2.21. The van der Waals surface area contributed by atoms with E-state index >= 15 is 0 Å². The van der Waals surface area contributed by atoms with Crippen LogP contribution in [0.25, 0.3) is 11.1 Å². The topological polar surface area (TPSA) is 59.9 Å². The summed E-state index contributed by atoms with van der Waals surface area (Å²) in [5.41, 5.74) is 2.92. The molecule has 2 rings (SSSR count). The molecule has 0 saturated carbocycles. The number of aryl methyl sites for hydroxylation is 1. The Labute approximate surface area is 100 Å². The Hall–Kier alpha value is -1.75. The quantitative estimate of drug-likeness (QED) is 0.761. The van der Waals surface area contributed by atoms with Gasteiger partial charge in [0.05, 0.1) is 0 Å². The lowest BCUT2D eigenvalue weighted by Gasteiger charge is -2.04. The minimum atomic E-state index is -3.33. The summed E-state index contributed by atoms with van der Waals surface area (Å²) in [4.78, 5) is 7.74. The fourth-order valence-corrected chi connectivity index (χ4v) is 2.03. The average Bonchev–Trinajstić information content (AvgIpc) is 2.29. The number of rotatable bonds is 2. The second-order valence-electron chi connectivity index (χ2n) is 3.84. The van der Waals surface area contributed by atoms with Gasteiger partial charge in [-0.3, -0.25) is 0 Å². The molecule has 0 bridgehead atoms. The van der Waals surface area contributed by atoms with Crippen LogP contribution in [0.2, 0.25) is 0 Å². The molecule has 1 heterocycles. The summed E-state index contributed by atoms with van der Waals surface area (Å²) in [6, 6.07) is 7.81. The van der Waals surface area contributed by atoms with Gasteiger partial charge in [0.15, 0.2) is 0 Å². The highest BCUT2D eigenvalue weighted by molar-refractivity contribution is 7.90. The number of hydrogen-bond acceptors (Lipinski definition) is 4. The molecule has 0 spiro atoms. The minimum absolute atomic E-state index is 0.144. The third-order valence-corrected chi connectivity index (χ3v) is 3.29. The van der Waals surface area contributed by atoms with Crippen molar-refractivity contribution >= 4 is 9.84 Å². The van der Waals surface area contributed by atoms with E-state index in [9.17, 15) is 8.42 Å². The smallest absolute Gasteiger partial charge is 0.226 e. The zero-order chi connectivity index (χ0) is 12.5. The highest BCUT2D eigenvalue weighted by atomic mass is 32.2. The minimum Gasteiger partial charge on any atom is -0.226 e. The molecule has 17 heavy (non-hydrogen) atoms. The summed E-state index contributed by atoms with van der Waals surface area (Å²) < 4.78 is 22.4. The molecule has 0 N–H and O–H groups in total. The van der Waals surface area contributed by atoms with E-state index in [4.69, 9.17) is 0 Å². The Balaban J connectivity index is 2.47. The maximum absolute atomic E-state index is 11.2. The second-order valence-corrected chi connectivity index (χ2v) is 5.75. The van der Waals surface area contributed by atoms with Crippen LogP contribution in [0.1, 0.15) is 5.56 Å². The van der Waals surface area contributed by atoms with Crippen molar-refractivity contribution in [3.63, 3.8) is 0 Å². The van der Waals surface area contributed by atoms with E-state index in [2.05, 4.69) is 9.97 Å². The van der Waals surface area contributed by atoms with Crippen molar-refractivity contribution in [1.29, 1.82) is 0 Å². The normalized spacial score (nSPS) is 11.4. The molecule has 1 aromatic heterocycles. The van der Waals surface area contributed by atoms with E-state index in [0.717, 1.165) is 22.9 Å². The zero-order valence-corrected chi connectivity index (χ0v) is 10.4. The van der Waals surface area contributed by atoms with Gasteiger partial charge < -0.3 is 0 Å². The van der Waals surface area contributed by atoms with E-state index in [1.807, 2.05) is 31.2 Å². The van der Waals surface area contributed by atoms with E-state index in [1.165, 1.54) is 12.4 Å². The first-order valence-electron chi connectivity index (χ1n) is 5.06. The first kappa shape index (κ1) is 11.7. The highest BCUT2D eigenvalue weighted by Gasteiger charge is 2.10. The van der Waals surface area contributed by atoms with Crippen LogP contribution in [0.5, 0.6) is 0 Å². The van der Waals surface area contributed by atoms with E-state index in [-0.39, 0.29) is 5.16 Å². The lowest BCUT2D eigenvalue weighted by Crippen LogP contribution is -2.03. The van der Waals surface area contributed by atoms with Crippen LogP contribution in [0.4, 0.5) is 0 Å². The van der Waals surface area contributed by atoms with Crippen LogP contribution in [0.15, 0.2) is 41.8 Å². The molecule has 0 atom stereocenters. The summed E-state index contributed by atoms with van der Waals surface area (Å²) in [5.74, 6) is 0.